The van der Waals surface area contributed by atoms with Crippen molar-refractivity contribution < 1.29 is 34.1 Å². The molecule has 0 aliphatic heterocycles. The third kappa shape index (κ3) is 5.34. The molecule has 8 nitrogen and oxygen atoms in total. The molecule has 146 valence electrons. The maximum atomic E-state index is 12.4. The summed E-state index contributed by atoms with van der Waals surface area (Å²) in [4.78, 5) is 35.3. The van der Waals surface area contributed by atoms with Crippen LogP contribution in [0.3, 0.4) is 0 Å². The van der Waals surface area contributed by atoms with Crippen LogP contribution in [-0.4, -0.2) is 41.2 Å². The Morgan fingerprint density at radius 2 is 1.71 bits per heavy atom. The maximum Gasteiger partial charge on any atom is 0.412 e. The molecule has 0 fully saturated rings. The fraction of sp³-hybridized carbons (Fsp3) is 0.150. The van der Waals surface area contributed by atoms with Crippen molar-refractivity contribution in [2.24, 2.45) is 0 Å². The van der Waals surface area contributed by atoms with Crippen LogP contribution < -0.4 is 10.1 Å². The van der Waals surface area contributed by atoms with E-state index in [4.69, 9.17) is 9.47 Å². The topological polar surface area (TPSA) is 122 Å². The Labute approximate surface area is 161 Å². The molecule has 0 aromatic heterocycles. The van der Waals surface area contributed by atoms with Crippen molar-refractivity contribution in [3.63, 3.8) is 0 Å². The molecule has 2 rings (SSSR count). The smallest absolute Gasteiger partial charge is 0.412 e. The number of ketones is 1. The van der Waals surface area contributed by atoms with Gasteiger partial charge in [-0.25, -0.2) is 9.59 Å². The monoisotopic (exact) mass is 385 g/mol. The third-order valence-corrected chi connectivity index (χ3v) is 3.53. The quantitative estimate of drug-likeness (QED) is 0.290. The lowest BCUT2D eigenvalue weighted by molar-refractivity contribution is -0.138. The van der Waals surface area contributed by atoms with Gasteiger partial charge in [0, 0.05) is 11.6 Å². The second kappa shape index (κ2) is 9.22. The zero-order valence-electron chi connectivity index (χ0n) is 15.1. The molecule has 0 aliphatic rings. The van der Waals surface area contributed by atoms with E-state index in [1.54, 1.807) is 12.1 Å². The number of hydrogen-bond acceptors (Lipinski definition) is 7. The minimum absolute atomic E-state index is 0.00256. The average molecular weight is 385 g/mol. The highest BCUT2D eigenvalue weighted by Gasteiger charge is 2.18. The summed E-state index contributed by atoms with van der Waals surface area (Å²) in [5.41, 5.74) is 0.228. The lowest BCUT2D eigenvalue weighted by Crippen LogP contribution is -2.30. The second-order valence-corrected chi connectivity index (χ2v) is 5.76. The molecule has 0 unspecified atom stereocenters. The number of phenols is 2. The van der Waals surface area contributed by atoms with Gasteiger partial charge in [0.15, 0.2) is 5.78 Å². The number of benzene rings is 2. The van der Waals surface area contributed by atoms with Crippen LogP contribution in [0, 0.1) is 0 Å². The standard InChI is InChI=1S/C20H19NO7/c1-12(2)19(25)27-10-9-21-20(26)28-13-7-8-15(17(23)11-13)18(24)14-5-3-4-6-16(14)22/h3-8,11,22-23H,1,9-10H2,2H3,(H,21,26). The summed E-state index contributed by atoms with van der Waals surface area (Å²) in [5, 5.41) is 22.2. The number of aromatic hydroxyl groups is 2. The molecule has 0 spiro atoms. The van der Waals surface area contributed by atoms with Gasteiger partial charge in [-0.3, -0.25) is 4.79 Å². The van der Waals surface area contributed by atoms with Crippen LogP contribution in [0.1, 0.15) is 22.8 Å². The van der Waals surface area contributed by atoms with Gasteiger partial charge >= 0.3 is 12.1 Å². The van der Waals surface area contributed by atoms with E-state index in [1.807, 2.05) is 0 Å². The first-order valence-electron chi connectivity index (χ1n) is 8.23. The van der Waals surface area contributed by atoms with Crippen molar-refractivity contribution in [3.05, 3.63) is 65.7 Å². The summed E-state index contributed by atoms with van der Waals surface area (Å²) in [6, 6.07) is 9.65. The number of carbonyl (C=O) groups is 3. The van der Waals surface area contributed by atoms with E-state index in [2.05, 4.69) is 11.9 Å². The minimum atomic E-state index is -0.828. The number of esters is 1. The van der Waals surface area contributed by atoms with E-state index in [0.717, 1.165) is 6.07 Å². The molecule has 2 aromatic rings. The Hall–Kier alpha value is -3.81. The Morgan fingerprint density at radius 1 is 1.04 bits per heavy atom. The summed E-state index contributed by atoms with van der Waals surface area (Å²) in [6.45, 7) is 4.90. The van der Waals surface area contributed by atoms with Crippen LogP contribution in [0.5, 0.6) is 17.2 Å². The van der Waals surface area contributed by atoms with Crippen molar-refractivity contribution in [1.82, 2.24) is 5.32 Å². The summed E-state index contributed by atoms with van der Waals surface area (Å²) in [5.74, 6) is -1.76. The summed E-state index contributed by atoms with van der Waals surface area (Å²) < 4.78 is 9.80. The lowest BCUT2D eigenvalue weighted by Gasteiger charge is -2.10. The van der Waals surface area contributed by atoms with E-state index in [9.17, 15) is 24.6 Å². The molecule has 28 heavy (non-hydrogen) atoms. The van der Waals surface area contributed by atoms with E-state index in [0.29, 0.717) is 0 Å². The normalized spacial score (nSPS) is 10.0. The van der Waals surface area contributed by atoms with E-state index in [-0.39, 0.29) is 41.4 Å². The summed E-state index contributed by atoms with van der Waals surface area (Å²) in [6.07, 6.45) is -0.828. The SMILES string of the molecule is C=C(C)C(=O)OCCNC(=O)Oc1ccc(C(=O)c2ccccc2O)c(O)c1. The van der Waals surface area contributed by atoms with Crippen molar-refractivity contribution in [2.45, 2.75) is 6.92 Å². The highest BCUT2D eigenvalue weighted by Crippen LogP contribution is 2.28. The predicted molar refractivity (Wildman–Crippen MR) is 99.4 cm³/mol. The summed E-state index contributed by atoms with van der Waals surface area (Å²) >= 11 is 0. The average Bonchev–Trinajstić information content (AvgIpc) is 2.65. The van der Waals surface area contributed by atoms with Gasteiger partial charge in [0.25, 0.3) is 0 Å². The molecule has 2 aromatic carbocycles. The van der Waals surface area contributed by atoms with Gasteiger partial charge in [-0.15, -0.1) is 0 Å². The number of amides is 1. The van der Waals surface area contributed by atoms with Gasteiger partial charge in [0.2, 0.25) is 0 Å². The zero-order valence-corrected chi connectivity index (χ0v) is 15.1. The first-order chi connectivity index (χ1) is 13.3. The van der Waals surface area contributed by atoms with Gasteiger partial charge in [-0.2, -0.15) is 0 Å². The predicted octanol–water partition coefficient (Wildman–Crippen LogP) is 2.54. The number of phenolic OH excluding ortho intramolecular Hbond substituents is 2. The number of hydrogen-bond donors (Lipinski definition) is 3. The second-order valence-electron chi connectivity index (χ2n) is 5.76. The van der Waals surface area contributed by atoms with Crippen LogP contribution in [0.4, 0.5) is 4.79 Å². The van der Waals surface area contributed by atoms with Gasteiger partial charge in [-0.05, 0) is 31.2 Å². The van der Waals surface area contributed by atoms with Crippen molar-refractivity contribution in [3.8, 4) is 17.2 Å². The van der Waals surface area contributed by atoms with Crippen LogP contribution in [0.2, 0.25) is 0 Å². The molecule has 0 aliphatic carbocycles. The van der Waals surface area contributed by atoms with Gasteiger partial charge in [0.05, 0.1) is 17.7 Å². The van der Waals surface area contributed by atoms with E-state index < -0.39 is 23.6 Å². The molecule has 3 N–H and O–H groups in total. The number of carbonyl (C=O) groups excluding carboxylic acids is 3. The third-order valence-electron chi connectivity index (χ3n) is 3.53. The molecule has 8 heteroatoms. The Bertz CT molecular complexity index is 921. The van der Waals surface area contributed by atoms with Crippen molar-refractivity contribution in [2.75, 3.05) is 13.2 Å². The van der Waals surface area contributed by atoms with Gasteiger partial charge < -0.3 is 25.0 Å². The largest absolute Gasteiger partial charge is 0.507 e. The zero-order chi connectivity index (χ0) is 20.7. The molecule has 0 saturated carbocycles. The minimum Gasteiger partial charge on any atom is -0.507 e. The fourth-order valence-electron chi connectivity index (χ4n) is 2.14. The maximum absolute atomic E-state index is 12.4. The Morgan fingerprint density at radius 3 is 2.36 bits per heavy atom. The number of ether oxygens (including phenoxy) is 2. The fourth-order valence-corrected chi connectivity index (χ4v) is 2.14. The molecule has 0 heterocycles. The molecule has 1 amide bonds. The van der Waals surface area contributed by atoms with Crippen LogP contribution in [0.15, 0.2) is 54.6 Å². The molecule has 0 atom stereocenters. The van der Waals surface area contributed by atoms with Crippen LogP contribution >= 0.6 is 0 Å². The van der Waals surface area contributed by atoms with Crippen LogP contribution in [0.25, 0.3) is 0 Å². The highest BCUT2D eigenvalue weighted by atomic mass is 16.6. The molecular formula is C20H19NO7. The summed E-state index contributed by atoms with van der Waals surface area (Å²) in [7, 11) is 0. The first-order valence-corrected chi connectivity index (χ1v) is 8.23. The van der Waals surface area contributed by atoms with Crippen molar-refractivity contribution >= 4 is 17.8 Å². The highest BCUT2D eigenvalue weighted by molar-refractivity contribution is 6.12. The number of para-hydroxylation sites is 1. The molecule has 0 bridgehead atoms. The van der Waals surface area contributed by atoms with Gasteiger partial charge in [-0.1, -0.05) is 18.7 Å². The molecular weight excluding hydrogens is 366 g/mol. The van der Waals surface area contributed by atoms with E-state index >= 15 is 0 Å². The molecule has 0 radical (unpaired) electrons. The lowest BCUT2D eigenvalue weighted by atomic mass is 10.0. The van der Waals surface area contributed by atoms with E-state index in [1.165, 1.54) is 31.2 Å². The Kier molecular flexibility index (Phi) is 6.75. The number of nitrogens with one attached hydrogen (secondary N) is 1. The first kappa shape index (κ1) is 20.5. The van der Waals surface area contributed by atoms with Crippen LogP contribution in [-0.2, 0) is 9.53 Å². The molecule has 0 saturated heterocycles. The Balaban J connectivity index is 1.94. The number of rotatable bonds is 7. The van der Waals surface area contributed by atoms with Gasteiger partial charge in [0.1, 0.15) is 23.9 Å². The van der Waals surface area contributed by atoms with Crippen molar-refractivity contribution in [1.29, 1.82) is 0 Å².